The molecule has 0 unspecified atom stereocenters. The first kappa shape index (κ1) is 23.1. The number of nitrogens with two attached hydrogens (primary N) is 1. The van der Waals surface area contributed by atoms with Gasteiger partial charge in [-0.3, -0.25) is 9.48 Å². The van der Waals surface area contributed by atoms with E-state index >= 15 is 0 Å². The zero-order valence-corrected chi connectivity index (χ0v) is 18.2. The minimum atomic E-state index is -0.0591. The third-order valence-corrected chi connectivity index (χ3v) is 5.39. The number of halogens is 2. The Morgan fingerprint density at radius 3 is 2.45 bits per heavy atom. The van der Waals surface area contributed by atoms with Crippen molar-refractivity contribution in [2.24, 2.45) is 12.8 Å². The SMILES string of the molecule is Cc1nn(C)c2nc(-c3ccccc3)cc(C(=O)NC3CCC(N)CC3)c12.Cl.Cl. The molecule has 156 valence electrons. The fraction of sp³-hybridized carbons (Fsp3) is 0.381. The van der Waals surface area contributed by atoms with Gasteiger partial charge in [0.05, 0.1) is 22.3 Å². The van der Waals surface area contributed by atoms with Crippen LogP contribution in [-0.4, -0.2) is 32.8 Å². The number of aromatic nitrogens is 3. The smallest absolute Gasteiger partial charge is 0.252 e. The molecular weight excluding hydrogens is 409 g/mol. The van der Waals surface area contributed by atoms with Crippen molar-refractivity contribution in [2.75, 3.05) is 0 Å². The molecule has 3 aromatic rings. The zero-order valence-electron chi connectivity index (χ0n) is 16.6. The summed E-state index contributed by atoms with van der Waals surface area (Å²) in [4.78, 5) is 17.9. The number of nitrogens with zero attached hydrogens (tertiary/aromatic N) is 3. The van der Waals surface area contributed by atoms with E-state index in [0.717, 1.165) is 53.7 Å². The maximum absolute atomic E-state index is 13.1. The summed E-state index contributed by atoms with van der Waals surface area (Å²) in [6.45, 7) is 1.92. The second kappa shape index (κ2) is 9.57. The van der Waals surface area contributed by atoms with Gasteiger partial charge >= 0.3 is 0 Å². The van der Waals surface area contributed by atoms with Crippen LogP contribution in [0.1, 0.15) is 41.7 Å². The lowest BCUT2D eigenvalue weighted by atomic mass is 9.91. The summed E-state index contributed by atoms with van der Waals surface area (Å²) in [5.41, 5.74) is 9.93. The average molecular weight is 436 g/mol. The third-order valence-electron chi connectivity index (χ3n) is 5.39. The van der Waals surface area contributed by atoms with Crippen LogP contribution >= 0.6 is 24.8 Å². The number of nitrogens with one attached hydrogen (secondary N) is 1. The zero-order chi connectivity index (χ0) is 19.0. The number of hydrogen-bond donors (Lipinski definition) is 2. The lowest BCUT2D eigenvalue weighted by Crippen LogP contribution is -2.40. The molecule has 0 bridgehead atoms. The molecule has 0 aliphatic heterocycles. The molecule has 4 rings (SSSR count). The van der Waals surface area contributed by atoms with E-state index in [1.165, 1.54) is 0 Å². The minimum absolute atomic E-state index is 0. The molecule has 1 saturated carbocycles. The molecule has 1 aromatic carbocycles. The molecule has 1 fully saturated rings. The molecule has 0 spiro atoms. The van der Waals surface area contributed by atoms with E-state index < -0.39 is 0 Å². The van der Waals surface area contributed by atoms with Gasteiger partial charge in [-0.15, -0.1) is 24.8 Å². The van der Waals surface area contributed by atoms with E-state index in [-0.39, 0.29) is 42.8 Å². The number of aryl methyl sites for hydroxylation is 2. The maximum Gasteiger partial charge on any atom is 0.252 e. The number of hydrogen-bond acceptors (Lipinski definition) is 4. The fourth-order valence-corrected chi connectivity index (χ4v) is 3.91. The predicted molar refractivity (Wildman–Crippen MR) is 121 cm³/mol. The molecule has 6 nitrogen and oxygen atoms in total. The first-order valence-electron chi connectivity index (χ1n) is 9.49. The first-order chi connectivity index (χ1) is 13.0. The number of carbonyl (C=O) groups is 1. The minimum Gasteiger partial charge on any atom is -0.349 e. The Balaban J connectivity index is 0.00000150. The van der Waals surface area contributed by atoms with Crippen LogP contribution in [0, 0.1) is 6.92 Å². The van der Waals surface area contributed by atoms with Crippen LogP contribution in [0.5, 0.6) is 0 Å². The normalized spacial score (nSPS) is 18.6. The van der Waals surface area contributed by atoms with Gasteiger partial charge in [0.1, 0.15) is 0 Å². The number of fused-ring (bicyclic) bond motifs is 1. The van der Waals surface area contributed by atoms with Gasteiger partial charge in [0.25, 0.3) is 5.91 Å². The largest absolute Gasteiger partial charge is 0.349 e. The molecule has 1 amide bonds. The highest BCUT2D eigenvalue weighted by molar-refractivity contribution is 6.07. The van der Waals surface area contributed by atoms with Crippen LogP contribution in [0.3, 0.4) is 0 Å². The summed E-state index contributed by atoms with van der Waals surface area (Å²) in [5, 5.41) is 8.51. The summed E-state index contributed by atoms with van der Waals surface area (Å²) in [7, 11) is 1.86. The van der Waals surface area contributed by atoms with Crippen molar-refractivity contribution in [1.29, 1.82) is 0 Å². The van der Waals surface area contributed by atoms with Gasteiger partial charge in [0.15, 0.2) is 5.65 Å². The molecule has 1 aliphatic carbocycles. The van der Waals surface area contributed by atoms with Gasteiger partial charge in [-0.25, -0.2) is 4.98 Å². The quantitative estimate of drug-likeness (QED) is 0.654. The Morgan fingerprint density at radius 1 is 1.14 bits per heavy atom. The van der Waals surface area contributed by atoms with Crippen LogP contribution in [0.25, 0.3) is 22.3 Å². The van der Waals surface area contributed by atoms with E-state index in [9.17, 15) is 4.79 Å². The molecule has 2 heterocycles. The Labute approximate surface area is 183 Å². The van der Waals surface area contributed by atoms with Gasteiger partial charge in [0.2, 0.25) is 0 Å². The van der Waals surface area contributed by atoms with Crippen LogP contribution in [0.4, 0.5) is 0 Å². The van der Waals surface area contributed by atoms with Crippen LogP contribution in [0.15, 0.2) is 36.4 Å². The summed E-state index contributed by atoms with van der Waals surface area (Å²) in [6, 6.07) is 12.2. The van der Waals surface area contributed by atoms with Crippen LogP contribution < -0.4 is 11.1 Å². The summed E-state index contributed by atoms with van der Waals surface area (Å²) >= 11 is 0. The second-order valence-corrected chi connectivity index (χ2v) is 7.41. The molecule has 0 saturated heterocycles. The van der Waals surface area contributed by atoms with Crippen molar-refractivity contribution in [2.45, 2.75) is 44.7 Å². The van der Waals surface area contributed by atoms with Gasteiger partial charge in [0, 0.05) is 24.7 Å². The highest BCUT2D eigenvalue weighted by Crippen LogP contribution is 2.27. The molecule has 8 heteroatoms. The molecule has 2 aromatic heterocycles. The molecule has 0 radical (unpaired) electrons. The average Bonchev–Trinajstić information content (AvgIpc) is 2.97. The lowest BCUT2D eigenvalue weighted by molar-refractivity contribution is 0.0927. The van der Waals surface area contributed by atoms with Gasteiger partial charge < -0.3 is 11.1 Å². The van der Waals surface area contributed by atoms with Crippen molar-refractivity contribution >= 4 is 41.8 Å². The second-order valence-electron chi connectivity index (χ2n) is 7.41. The fourth-order valence-electron chi connectivity index (χ4n) is 3.91. The predicted octanol–water partition coefficient (Wildman–Crippen LogP) is 3.79. The Kier molecular flexibility index (Phi) is 7.63. The lowest BCUT2D eigenvalue weighted by Gasteiger charge is -2.27. The third kappa shape index (κ3) is 4.71. The standard InChI is InChI=1S/C21H25N5O.2ClH/c1-13-19-17(21(27)23-16-10-8-15(22)9-11-16)12-18(14-6-4-3-5-7-14)24-20(19)26(2)25-13;;/h3-7,12,15-16H,8-11,22H2,1-2H3,(H,23,27);2*1H. The number of pyridine rings is 1. The van der Waals surface area contributed by atoms with E-state index in [2.05, 4.69) is 10.4 Å². The molecule has 0 atom stereocenters. The van der Waals surface area contributed by atoms with Gasteiger partial charge in [-0.05, 0) is 38.7 Å². The van der Waals surface area contributed by atoms with Crippen LogP contribution in [-0.2, 0) is 7.05 Å². The topological polar surface area (TPSA) is 85.8 Å². The van der Waals surface area contributed by atoms with Crippen molar-refractivity contribution in [3.8, 4) is 11.3 Å². The molecule has 3 N–H and O–H groups in total. The van der Waals surface area contributed by atoms with Gasteiger partial charge in [-0.1, -0.05) is 30.3 Å². The number of amides is 1. The van der Waals surface area contributed by atoms with Crippen molar-refractivity contribution < 1.29 is 4.79 Å². The maximum atomic E-state index is 13.1. The number of carbonyl (C=O) groups excluding carboxylic acids is 1. The van der Waals surface area contributed by atoms with E-state index in [1.54, 1.807) is 4.68 Å². The summed E-state index contributed by atoms with van der Waals surface area (Å²) in [5.74, 6) is -0.0591. The molecule has 1 aliphatic rings. The monoisotopic (exact) mass is 435 g/mol. The van der Waals surface area contributed by atoms with E-state index in [0.29, 0.717) is 5.56 Å². The summed E-state index contributed by atoms with van der Waals surface area (Å²) < 4.78 is 1.74. The van der Waals surface area contributed by atoms with Crippen molar-refractivity contribution in [1.82, 2.24) is 20.1 Å². The first-order valence-corrected chi connectivity index (χ1v) is 9.49. The van der Waals surface area contributed by atoms with Crippen molar-refractivity contribution in [3.05, 3.63) is 47.7 Å². The van der Waals surface area contributed by atoms with Crippen LogP contribution in [0.2, 0.25) is 0 Å². The Hall–Kier alpha value is -2.15. The highest BCUT2D eigenvalue weighted by atomic mass is 35.5. The van der Waals surface area contributed by atoms with E-state index in [1.807, 2.05) is 50.4 Å². The summed E-state index contributed by atoms with van der Waals surface area (Å²) in [6.07, 6.45) is 3.77. The number of benzene rings is 1. The molecular formula is C21H27Cl2N5O. The van der Waals surface area contributed by atoms with E-state index in [4.69, 9.17) is 10.7 Å². The Bertz CT molecular complexity index is 982. The number of rotatable bonds is 3. The van der Waals surface area contributed by atoms with Crippen molar-refractivity contribution in [3.63, 3.8) is 0 Å². The molecule has 29 heavy (non-hydrogen) atoms. The van der Waals surface area contributed by atoms with Gasteiger partial charge in [-0.2, -0.15) is 5.10 Å². The highest BCUT2D eigenvalue weighted by Gasteiger charge is 2.24. The Morgan fingerprint density at radius 2 is 1.79 bits per heavy atom.